The van der Waals surface area contributed by atoms with Crippen molar-refractivity contribution in [1.82, 2.24) is 4.98 Å². The summed E-state index contributed by atoms with van der Waals surface area (Å²) in [6.45, 7) is 2.03. The quantitative estimate of drug-likeness (QED) is 0.848. The minimum atomic E-state index is -0.340. The van der Waals surface area contributed by atoms with Gasteiger partial charge in [0.2, 0.25) is 0 Å². The van der Waals surface area contributed by atoms with Crippen LogP contribution in [-0.2, 0) is 0 Å². The van der Waals surface area contributed by atoms with E-state index in [1.807, 2.05) is 19.1 Å². The van der Waals surface area contributed by atoms with Crippen LogP contribution in [0.15, 0.2) is 30.5 Å². The monoisotopic (exact) mass is 222 g/mol. The molecule has 1 unspecified atom stereocenters. The van der Waals surface area contributed by atoms with Gasteiger partial charge in [0.05, 0.1) is 17.9 Å². The Kier molecular flexibility index (Phi) is 2.79. The van der Waals surface area contributed by atoms with Crippen LogP contribution >= 0.6 is 11.3 Å². The molecular formula is C11H11FN2S. The van der Waals surface area contributed by atoms with Crippen molar-refractivity contribution in [3.63, 3.8) is 0 Å². The predicted molar refractivity (Wildman–Crippen MR) is 59.3 cm³/mol. The van der Waals surface area contributed by atoms with Crippen molar-refractivity contribution >= 4 is 11.3 Å². The van der Waals surface area contributed by atoms with Crippen molar-refractivity contribution in [2.24, 2.45) is 5.73 Å². The van der Waals surface area contributed by atoms with Crippen molar-refractivity contribution in [2.45, 2.75) is 13.0 Å². The summed E-state index contributed by atoms with van der Waals surface area (Å²) in [7, 11) is 0. The molecule has 0 saturated carbocycles. The zero-order valence-corrected chi connectivity index (χ0v) is 9.09. The van der Waals surface area contributed by atoms with Gasteiger partial charge in [-0.15, -0.1) is 11.3 Å². The lowest BCUT2D eigenvalue weighted by atomic mass is 10.1. The smallest absolute Gasteiger partial charge is 0.141 e. The van der Waals surface area contributed by atoms with Crippen LogP contribution in [0.4, 0.5) is 4.39 Å². The van der Waals surface area contributed by atoms with Crippen LogP contribution in [0.25, 0.3) is 0 Å². The van der Waals surface area contributed by atoms with Crippen LogP contribution in [0.1, 0.15) is 21.5 Å². The Balaban J connectivity index is 2.28. The fraction of sp³-hybridized carbons (Fsp3) is 0.182. The molecule has 2 heterocycles. The van der Waals surface area contributed by atoms with Crippen molar-refractivity contribution in [2.75, 3.05) is 0 Å². The average molecular weight is 222 g/mol. The molecule has 0 aliphatic carbocycles. The molecule has 0 fully saturated rings. The summed E-state index contributed by atoms with van der Waals surface area (Å²) in [6.07, 6.45) is 1.19. The number of thiophene rings is 1. The Morgan fingerprint density at radius 2 is 2.13 bits per heavy atom. The van der Waals surface area contributed by atoms with Crippen LogP contribution in [0.5, 0.6) is 0 Å². The van der Waals surface area contributed by atoms with E-state index in [0.29, 0.717) is 5.69 Å². The molecule has 78 valence electrons. The Bertz CT molecular complexity index is 450. The van der Waals surface area contributed by atoms with Crippen LogP contribution in [0.2, 0.25) is 0 Å². The first-order valence-electron chi connectivity index (χ1n) is 4.60. The van der Waals surface area contributed by atoms with E-state index >= 15 is 0 Å². The van der Waals surface area contributed by atoms with E-state index in [9.17, 15) is 4.39 Å². The molecule has 15 heavy (non-hydrogen) atoms. The molecule has 0 aliphatic rings. The second-order valence-corrected chi connectivity index (χ2v) is 4.65. The summed E-state index contributed by atoms with van der Waals surface area (Å²) in [4.78, 5) is 6.23. The summed E-state index contributed by atoms with van der Waals surface area (Å²) in [6, 6.07) is 6.74. The third-order valence-corrected chi connectivity index (χ3v) is 3.22. The van der Waals surface area contributed by atoms with Crippen molar-refractivity contribution < 1.29 is 4.39 Å². The van der Waals surface area contributed by atoms with E-state index in [2.05, 4.69) is 4.98 Å². The number of hydrogen-bond acceptors (Lipinski definition) is 3. The highest BCUT2D eigenvalue weighted by Gasteiger charge is 2.11. The molecule has 2 aromatic rings. The fourth-order valence-electron chi connectivity index (χ4n) is 1.34. The van der Waals surface area contributed by atoms with Gasteiger partial charge in [-0.05, 0) is 31.2 Å². The van der Waals surface area contributed by atoms with Crippen molar-refractivity contribution in [1.29, 1.82) is 0 Å². The summed E-state index contributed by atoms with van der Waals surface area (Å²) >= 11 is 1.64. The van der Waals surface area contributed by atoms with E-state index in [0.717, 1.165) is 4.88 Å². The Hall–Kier alpha value is -1.26. The summed E-state index contributed by atoms with van der Waals surface area (Å²) in [5, 5.41) is 0. The summed E-state index contributed by atoms with van der Waals surface area (Å²) in [5.74, 6) is -0.340. The highest BCUT2D eigenvalue weighted by Crippen LogP contribution is 2.25. The van der Waals surface area contributed by atoms with Crippen LogP contribution in [-0.4, -0.2) is 4.98 Å². The number of rotatable bonds is 2. The molecule has 2 rings (SSSR count). The molecule has 0 saturated heterocycles. The zero-order valence-electron chi connectivity index (χ0n) is 8.27. The molecule has 0 radical (unpaired) electrons. The molecule has 0 amide bonds. The maximum absolute atomic E-state index is 12.7. The Morgan fingerprint density at radius 1 is 1.33 bits per heavy atom. The molecule has 0 aliphatic heterocycles. The van der Waals surface area contributed by atoms with Crippen molar-refractivity contribution in [3.05, 3.63) is 51.7 Å². The van der Waals surface area contributed by atoms with Crippen molar-refractivity contribution in [3.8, 4) is 0 Å². The van der Waals surface area contributed by atoms with Gasteiger partial charge in [0, 0.05) is 9.75 Å². The first kappa shape index (κ1) is 10.3. The summed E-state index contributed by atoms with van der Waals surface area (Å²) in [5.41, 5.74) is 6.70. The first-order valence-corrected chi connectivity index (χ1v) is 5.42. The third kappa shape index (κ3) is 2.22. The highest BCUT2D eigenvalue weighted by molar-refractivity contribution is 7.12. The first-order chi connectivity index (χ1) is 7.16. The number of aromatic nitrogens is 1. The number of hydrogen-bond donors (Lipinski definition) is 1. The minimum Gasteiger partial charge on any atom is -0.318 e. The van der Waals surface area contributed by atoms with Gasteiger partial charge in [0.1, 0.15) is 5.82 Å². The average Bonchev–Trinajstić information content (AvgIpc) is 2.65. The second kappa shape index (κ2) is 4.08. The Morgan fingerprint density at radius 3 is 2.67 bits per heavy atom. The number of nitrogens with zero attached hydrogens (tertiary/aromatic N) is 1. The van der Waals surface area contributed by atoms with Gasteiger partial charge in [-0.25, -0.2) is 4.39 Å². The fourth-order valence-corrected chi connectivity index (χ4v) is 2.23. The molecule has 2 aromatic heterocycles. The zero-order chi connectivity index (χ0) is 10.8. The second-order valence-electron chi connectivity index (χ2n) is 3.33. The van der Waals surface area contributed by atoms with Gasteiger partial charge in [-0.3, -0.25) is 4.98 Å². The van der Waals surface area contributed by atoms with E-state index in [1.165, 1.54) is 17.1 Å². The number of halogens is 1. The van der Waals surface area contributed by atoms with E-state index < -0.39 is 0 Å². The standard InChI is InChI=1S/C11H11FN2S/c1-7-2-5-10(15-7)11(13)9-4-3-8(12)6-14-9/h2-6,11H,13H2,1H3. The normalized spacial score (nSPS) is 12.7. The highest BCUT2D eigenvalue weighted by atomic mass is 32.1. The third-order valence-electron chi connectivity index (χ3n) is 2.14. The molecule has 2 nitrogen and oxygen atoms in total. The lowest BCUT2D eigenvalue weighted by molar-refractivity contribution is 0.617. The summed E-state index contributed by atoms with van der Waals surface area (Å²) < 4.78 is 12.7. The molecule has 0 spiro atoms. The van der Waals surface area contributed by atoms with Crippen LogP contribution in [0.3, 0.4) is 0 Å². The maximum Gasteiger partial charge on any atom is 0.141 e. The number of aryl methyl sites for hydroxylation is 1. The van der Waals surface area contributed by atoms with Gasteiger partial charge in [-0.1, -0.05) is 0 Å². The van der Waals surface area contributed by atoms with Crippen LogP contribution in [0, 0.1) is 12.7 Å². The number of nitrogens with two attached hydrogens (primary N) is 1. The van der Waals surface area contributed by atoms with Gasteiger partial charge >= 0.3 is 0 Å². The molecule has 1 atom stereocenters. The molecule has 0 aromatic carbocycles. The lowest BCUT2D eigenvalue weighted by Crippen LogP contribution is -2.11. The van der Waals surface area contributed by atoms with Gasteiger partial charge in [0.25, 0.3) is 0 Å². The van der Waals surface area contributed by atoms with Gasteiger partial charge in [0.15, 0.2) is 0 Å². The van der Waals surface area contributed by atoms with Crippen LogP contribution < -0.4 is 5.73 Å². The largest absolute Gasteiger partial charge is 0.318 e. The predicted octanol–water partition coefficient (Wildman–Crippen LogP) is 2.64. The molecule has 4 heteroatoms. The van der Waals surface area contributed by atoms with E-state index in [4.69, 9.17) is 5.73 Å². The lowest BCUT2D eigenvalue weighted by Gasteiger charge is -2.08. The maximum atomic E-state index is 12.7. The van der Waals surface area contributed by atoms with E-state index in [1.54, 1.807) is 17.4 Å². The minimum absolute atomic E-state index is 0.260. The van der Waals surface area contributed by atoms with Gasteiger partial charge < -0.3 is 5.73 Å². The molecular weight excluding hydrogens is 211 g/mol. The SMILES string of the molecule is Cc1ccc(C(N)c2ccc(F)cn2)s1. The number of pyridine rings is 1. The Labute approximate surface area is 91.6 Å². The molecule has 2 N–H and O–H groups in total. The van der Waals surface area contributed by atoms with Gasteiger partial charge in [-0.2, -0.15) is 0 Å². The molecule has 0 bridgehead atoms. The van der Waals surface area contributed by atoms with E-state index in [-0.39, 0.29) is 11.9 Å². The topological polar surface area (TPSA) is 38.9 Å².